The minimum atomic E-state index is 0.0284. The molecule has 1 unspecified atom stereocenters. The Morgan fingerprint density at radius 1 is 1.44 bits per heavy atom. The zero-order valence-electron chi connectivity index (χ0n) is 10.1. The molecule has 2 rings (SSSR count). The van der Waals surface area contributed by atoms with E-state index in [-0.39, 0.29) is 5.56 Å². The van der Waals surface area contributed by atoms with E-state index in [0.717, 1.165) is 21.7 Å². The molecule has 0 radical (unpaired) electrons. The number of benzene rings is 1. The van der Waals surface area contributed by atoms with Gasteiger partial charge in [-0.15, -0.1) is 0 Å². The van der Waals surface area contributed by atoms with Crippen molar-refractivity contribution in [2.24, 2.45) is 5.92 Å². The fourth-order valence-corrected chi connectivity index (χ4v) is 2.85. The third-order valence-corrected chi connectivity index (χ3v) is 4.45. The van der Waals surface area contributed by atoms with Crippen LogP contribution in [0.3, 0.4) is 0 Å². The molecule has 0 bridgehead atoms. The summed E-state index contributed by atoms with van der Waals surface area (Å²) in [5, 5.41) is 1.56. The molecule has 1 aromatic carbocycles. The van der Waals surface area contributed by atoms with E-state index in [9.17, 15) is 4.79 Å². The highest BCUT2D eigenvalue weighted by molar-refractivity contribution is 9.10. The number of halogens is 2. The average molecular weight is 374 g/mol. The molecule has 0 aliphatic heterocycles. The van der Waals surface area contributed by atoms with E-state index in [1.807, 2.05) is 18.2 Å². The van der Waals surface area contributed by atoms with E-state index in [1.54, 1.807) is 10.9 Å². The summed E-state index contributed by atoms with van der Waals surface area (Å²) in [6, 6.07) is 5.58. The van der Waals surface area contributed by atoms with Crippen LogP contribution >= 0.6 is 31.9 Å². The van der Waals surface area contributed by atoms with Crippen molar-refractivity contribution in [1.29, 1.82) is 0 Å². The lowest BCUT2D eigenvalue weighted by atomic mass is 10.1. The lowest BCUT2D eigenvalue weighted by Crippen LogP contribution is -2.24. The molecule has 0 saturated heterocycles. The lowest BCUT2D eigenvalue weighted by Gasteiger charge is -2.13. The van der Waals surface area contributed by atoms with Gasteiger partial charge >= 0.3 is 0 Å². The highest BCUT2D eigenvalue weighted by Crippen LogP contribution is 2.15. The summed E-state index contributed by atoms with van der Waals surface area (Å²) in [5.41, 5.74) is 0.770. The molecule has 2 aromatic rings. The largest absolute Gasteiger partial charge is 0.298 e. The van der Waals surface area contributed by atoms with E-state index in [0.29, 0.717) is 17.8 Å². The van der Waals surface area contributed by atoms with Crippen LogP contribution in [0, 0.1) is 5.92 Å². The first-order valence-electron chi connectivity index (χ1n) is 5.86. The molecule has 0 saturated carbocycles. The molecule has 3 nitrogen and oxygen atoms in total. The standard InChI is InChI=1S/C13H14Br2N2O/c1-2-9(6-14)7-17-8-16-12-4-3-10(15)5-11(12)13(17)18/h3-5,8-9H,2,6-7H2,1H3. The van der Waals surface area contributed by atoms with Crippen LogP contribution in [-0.4, -0.2) is 14.9 Å². The first-order valence-corrected chi connectivity index (χ1v) is 7.77. The smallest absolute Gasteiger partial charge is 0.261 e. The fourth-order valence-electron chi connectivity index (χ4n) is 1.83. The number of nitrogens with zero attached hydrogens (tertiary/aromatic N) is 2. The van der Waals surface area contributed by atoms with Crippen molar-refractivity contribution in [2.45, 2.75) is 19.9 Å². The van der Waals surface area contributed by atoms with Crippen molar-refractivity contribution in [3.63, 3.8) is 0 Å². The van der Waals surface area contributed by atoms with Crippen LogP contribution in [0.1, 0.15) is 13.3 Å². The highest BCUT2D eigenvalue weighted by atomic mass is 79.9. The van der Waals surface area contributed by atoms with Crippen LogP contribution in [0.4, 0.5) is 0 Å². The van der Waals surface area contributed by atoms with Crippen LogP contribution in [0.5, 0.6) is 0 Å². The van der Waals surface area contributed by atoms with Gasteiger partial charge in [-0.05, 0) is 24.1 Å². The van der Waals surface area contributed by atoms with Gasteiger partial charge in [0.2, 0.25) is 0 Å². The second kappa shape index (κ2) is 5.97. The predicted octanol–water partition coefficient (Wildman–Crippen LogP) is 3.58. The Morgan fingerprint density at radius 2 is 2.22 bits per heavy atom. The molecule has 0 fully saturated rings. The summed E-state index contributed by atoms with van der Waals surface area (Å²) in [6.45, 7) is 2.83. The fraction of sp³-hybridized carbons (Fsp3) is 0.385. The number of hydrogen-bond donors (Lipinski definition) is 0. The lowest BCUT2D eigenvalue weighted by molar-refractivity contribution is 0.467. The summed E-state index contributed by atoms with van der Waals surface area (Å²) >= 11 is 6.86. The van der Waals surface area contributed by atoms with Gasteiger partial charge in [0.1, 0.15) is 0 Å². The third-order valence-electron chi connectivity index (χ3n) is 3.04. The summed E-state index contributed by atoms with van der Waals surface area (Å²) in [7, 11) is 0. The topological polar surface area (TPSA) is 34.9 Å². The molecule has 5 heteroatoms. The monoisotopic (exact) mass is 372 g/mol. The first-order chi connectivity index (χ1) is 8.65. The van der Waals surface area contributed by atoms with Crippen LogP contribution < -0.4 is 5.56 Å². The summed E-state index contributed by atoms with van der Waals surface area (Å²) in [5.74, 6) is 0.453. The Kier molecular flexibility index (Phi) is 4.56. The SMILES string of the molecule is CCC(CBr)Cn1cnc2ccc(Br)cc2c1=O. The molecule has 1 aromatic heterocycles. The molecule has 0 spiro atoms. The number of rotatable bonds is 4. The van der Waals surface area contributed by atoms with E-state index >= 15 is 0 Å². The van der Waals surface area contributed by atoms with Gasteiger partial charge in [-0.2, -0.15) is 0 Å². The molecule has 0 N–H and O–H groups in total. The normalized spacial score (nSPS) is 12.8. The third kappa shape index (κ3) is 2.83. The van der Waals surface area contributed by atoms with Gasteiger partial charge in [0, 0.05) is 16.3 Å². The predicted molar refractivity (Wildman–Crippen MR) is 81.3 cm³/mol. The van der Waals surface area contributed by atoms with Gasteiger partial charge in [-0.25, -0.2) is 4.98 Å². The highest BCUT2D eigenvalue weighted by Gasteiger charge is 2.09. The minimum absolute atomic E-state index is 0.0284. The number of aromatic nitrogens is 2. The van der Waals surface area contributed by atoms with Crippen molar-refractivity contribution in [2.75, 3.05) is 5.33 Å². The first kappa shape index (κ1) is 13.7. The Labute approximate surface area is 122 Å². The minimum Gasteiger partial charge on any atom is -0.298 e. The van der Waals surface area contributed by atoms with Gasteiger partial charge in [0.05, 0.1) is 17.2 Å². The Bertz CT molecular complexity index is 605. The van der Waals surface area contributed by atoms with Crippen LogP contribution in [0.25, 0.3) is 10.9 Å². The second-order valence-electron chi connectivity index (χ2n) is 4.29. The maximum Gasteiger partial charge on any atom is 0.261 e. The van der Waals surface area contributed by atoms with Gasteiger partial charge in [0.15, 0.2) is 0 Å². The summed E-state index contributed by atoms with van der Waals surface area (Å²) < 4.78 is 2.60. The Morgan fingerprint density at radius 3 is 2.89 bits per heavy atom. The molecule has 1 atom stereocenters. The van der Waals surface area contributed by atoms with Crippen molar-refractivity contribution in [1.82, 2.24) is 9.55 Å². The van der Waals surface area contributed by atoms with Crippen molar-refractivity contribution >= 4 is 42.8 Å². The Hall–Kier alpha value is -0.680. The maximum atomic E-state index is 12.3. The van der Waals surface area contributed by atoms with Gasteiger partial charge in [-0.3, -0.25) is 9.36 Å². The van der Waals surface area contributed by atoms with E-state index in [1.165, 1.54) is 0 Å². The molecule has 0 aliphatic carbocycles. The maximum absolute atomic E-state index is 12.3. The van der Waals surface area contributed by atoms with Crippen LogP contribution in [0.15, 0.2) is 33.8 Å². The molecule has 18 heavy (non-hydrogen) atoms. The second-order valence-corrected chi connectivity index (χ2v) is 5.86. The molecule has 96 valence electrons. The molecule has 0 aliphatic rings. The quantitative estimate of drug-likeness (QED) is 0.767. The number of fused-ring (bicyclic) bond motifs is 1. The van der Waals surface area contributed by atoms with E-state index < -0.39 is 0 Å². The van der Waals surface area contributed by atoms with Crippen molar-refractivity contribution in [3.05, 3.63) is 39.4 Å². The Balaban J connectivity index is 2.47. The van der Waals surface area contributed by atoms with Crippen LogP contribution in [-0.2, 0) is 6.54 Å². The summed E-state index contributed by atoms with van der Waals surface area (Å²) in [4.78, 5) is 16.7. The molecular weight excluding hydrogens is 360 g/mol. The van der Waals surface area contributed by atoms with Crippen molar-refractivity contribution in [3.8, 4) is 0 Å². The average Bonchev–Trinajstić information content (AvgIpc) is 2.39. The van der Waals surface area contributed by atoms with E-state index in [4.69, 9.17) is 0 Å². The molecule has 0 amide bonds. The number of hydrogen-bond acceptors (Lipinski definition) is 2. The van der Waals surface area contributed by atoms with Crippen LogP contribution in [0.2, 0.25) is 0 Å². The number of alkyl halides is 1. The summed E-state index contributed by atoms with van der Waals surface area (Å²) in [6.07, 6.45) is 2.68. The van der Waals surface area contributed by atoms with Gasteiger partial charge < -0.3 is 0 Å². The van der Waals surface area contributed by atoms with Crippen molar-refractivity contribution < 1.29 is 0 Å². The zero-order valence-corrected chi connectivity index (χ0v) is 13.2. The zero-order chi connectivity index (χ0) is 13.1. The van der Waals surface area contributed by atoms with Gasteiger partial charge in [-0.1, -0.05) is 45.2 Å². The molecule has 1 heterocycles. The van der Waals surface area contributed by atoms with Gasteiger partial charge in [0.25, 0.3) is 5.56 Å². The molecular formula is C13H14Br2N2O. The van der Waals surface area contributed by atoms with E-state index in [2.05, 4.69) is 43.8 Å².